The molecule has 1 aromatic rings. The summed E-state index contributed by atoms with van der Waals surface area (Å²) in [6, 6.07) is 8.62. The highest BCUT2D eigenvalue weighted by atomic mass is 16.1. The molecular weight excluding hydrogens is 176 g/mol. The van der Waals surface area contributed by atoms with Gasteiger partial charge in [0.05, 0.1) is 11.6 Å². The molecular formula is C11H16N2O. The predicted molar refractivity (Wildman–Crippen MR) is 56.6 cm³/mol. The first-order valence-corrected chi connectivity index (χ1v) is 4.56. The van der Waals surface area contributed by atoms with Gasteiger partial charge in [-0.05, 0) is 19.4 Å². The number of benzene rings is 1. The van der Waals surface area contributed by atoms with Crippen LogP contribution < -0.4 is 11.5 Å². The van der Waals surface area contributed by atoms with Crippen molar-refractivity contribution in [3.63, 3.8) is 0 Å². The Hall–Kier alpha value is -1.19. The maximum absolute atomic E-state index is 11.7. The fraction of sp³-hybridized carbons (Fsp3) is 0.364. The summed E-state index contributed by atoms with van der Waals surface area (Å²) in [6.07, 6.45) is 0. The van der Waals surface area contributed by atoms with Crippen molar-refractivity contribution in [2.75, 3.05) is 0 Å². The highest BCUT2D eigenvalue weighted by Crippen LogP contribution is 2.15. The quantitative estimate of drug-likeness (QED) is 0.750. The lowest BCUT2D eigenvalue weighted by Crippen LogP contribution is -2.46. The molecule has 0 saturated carbocycles. The molecule has 3 nitrogen and oxygen atoms in total. The maximum Gasteiger partial charge on any atom is 0.173 e. The molecule has 0 unspecified atom stereocenters. The summed E-state index contributed by atoms with van der Waals surface area (Å²) < 4.78 is 0. The molecule has 0 saturated heterocycles. The lowest BCUT2D eigenvalue weighted by Gasteiger charge is -2.21. The van der Waals surface area contributed by atoms with E-state index >= 15 is 0 Å². The number of rotatable bonds is 3. The van der Waals surface area contributed by atoms with E-state index in [1.165, 1.54) is 0 Å². The smallest absolute Gasteiger partial charge is 0.173 e. The largest absolute Gasteiger partial charge is 0.319 e. The van der Waals surface area contributed by atoms with Gasteiger partial charge in [-0.25, -0.2) is 0 Å². The van der Waals surface area contributed by atoms with Crippen LogP contribution in [-0.4, -0.2) is 11.3 Å². The van der Waals surface area contributed by atoms with Gasteiger partial charge in [0.25, 0.3) is 0 Å². The molecule has 1 rings (SSSR count). The maximum atomic E-state index is 11.7. The van der Waals surface area contributed by atoms with E-state index in [0.717, 1.165) is 5.56 Å². The minimum absolute atomic E-state index is 0.149. The molecule has 0 aliphatic heterocycles. The second-order valence-electron chi connectivity index (χ2n) is 3.97. The molecule has 0 aromatic heterocycles. The van der Waals surface area contributed by atoms with E-state index in [0.29, 0.717) is 0 Å². The van der Waals surface area contributed by atoms with E-state index in [4.69, 9.17) is 11.5 Å². The van der Waals surface area contributed by atoms with Crippen LogP contribution in [0.25, 0.3) is 0 Å². The standard InChI is InChI=1S/C11H16N2O/c1-11(2,13)10(14)9(12)8-6-4-3-5-7-8/h3-7,9H,12-13H2,1-2H3/t9-/m0/s1. The normalized spacial score (nSPS) is 13.7. The van der Waals surface area contributed by atoms with Gasteiger partial charge in [0.1, 0.15) is 0 Å². The average Bonchev–Trinajstić information content (AvgIpc) is 2.15. The molecule has 76 valence electrons. The van der Waals surface area contributed by atoms with Crippen LogP contribution in [0, 0.1) is 0 Å². The third-order valence-corrected chi connectivity index (χ3v) is 2.08. The van der Waals surface area contributed by atoms with Gasteiger partial charge in [-0.1, -0.05) is 30.3 Å². The molecule has 0 amide bonds. The lowest BCUT2D eigenvalue weighted by molar-refractivity contribution is -0.124. The van der Waals surface area contributed by atoms with Crippen LogP contribution in [0.3, 0.4) is 0 Å². The first-order valence-electron chi connectivity index (χ1n) is 4.56. The molecule has 3 heteroatoms. The van der Waals surface area contributed by atoms with Gasteiger partial charge in [-0.2, -0.15) is 0 Å². The van der Waals surface area contributed by atoms with Crippen molar-refractivity contribution in [1.82, 2.24) is 0 Å². The monoisotopic (exact) mass is 192 g/mol. The Kier molecular flexibility index (Phi) is 3.03. The Bertz CT molecular complexity index is 314. The summed E-state index contributed by atoms with van der Waals surface area (Å²) in [4.78, 5) is 11.7. The first-order chi connectivity index (χ1) is 6.43. The lowest BCUT2D eigenvalue weighted by atomic mass is 9.91. The summed E-state index contributed by atoms with van der Waals surface area (Å²) in [5, 5.41) is 0. The van der Waals surface area contributed by atoms with Gasteiger partial charge >= 0.3 is 0 Å². The second kappa shape index (κ2) is 3.90. The highest BCUT2D eigenvalue weighted by molar-refractivity contribution is 5.92. The van der Waals surface area contributed by atoms with Gasteiger partial charge in [0, 0.05) is 0 Å². The zero-order valence-electron chi connectivity index (χ0n) is 8.53. The van der Waals surface area contributed by atoms with Gasteiger partial charge in [0.2, 0.25) is 0 Å². The fourth-order valence-corrected chi connectivity index (χ4v) is 1.21. The Balaban J connectivity index is 2.87. The summed E-state index contributed by atoms with van der Waals surface area (Å²) in [5.74, 6) is -0.149. The van der Waals surface area contributed by atoms with E-state index in [1.54, 1.807) is 13.8 Å². The van der Waals surface area contributed by atoms with Crippen molar-refractivity contribution in [1.29, 1.82) is 0 Å². The number of hydrogen-bond acceptors (Lipinski definition) is 3. The van der Waals surface area contributed by atoms with Crippen molar-refractivity contribution in [3.05, 3.63) is 35.9 Å². The number of ketones is 1. The summed E-state index contributed by atoms with van der Waals surface area (Å²) in [6.45, 7) is 3.33. The van der Waals surface area contributed by atoms with Crippen molar-refractivity contribution >= 4 is 5.78 Å². The highest BCUT2D eigenvalue weighted by Gasteiger charge is 2.28. The van der Waals surface area contributed by atoms with Crippen LogP contribution in [0.5, 0.6) is 0 Å². The zero-order valence-corrected chi connectivity index (χ0v) is 8.53. The molecule has 0 radical (unpaired) electrons. The third kappa shape index (κ3) is 2.40. The zero-order chi connectivity index (χ0) is 10.8. The summed E-state index contributed by atoms with van der Waals surface area (Å²) in [5.41, 5.74) is 11.4. The molecule has 0 spiro atoms. The minimum Gasteiger partial charge on any atom is -0.319 e. The molecule has 14 heavy (non-hydrogen) atoms. The predicted octanol–water partition coefficient (Wildman–Crippen LogP) is 0.993. The van der Waals surface area contributed by atoms with E-state index in [9.17, 15) is 4.79 Å². The minimum atomic E-state index is -0.880. The van der Waals surface area contributed by atoms with Crippen LogP contribution >= 0.6 is 0 Å². The van der Waals surface area contributed by atoms with Gasteiger partial charge in [0.15, 0.2) is 5.78 Å². The van der Waals surface area contributed by atoms with Crippen LogP contribution in [0.2, 0.25) is 0 Å². The van der Waals surface area contributed by atoms with Crippen molar-refractivity contribution < 1.29 is 4.79 Å². The molecule has 0 aliphatic rings. The number of Topliss-reactive ketones (excluding diaryl/α,β-unsaturated/α-hetero) is 1. The number of carbonyl (C=O) groups excluding carboxylic acids is 1. The van der Waals surface area contributed by atoms with E-state index < -0.39 is 11.6 Å². The van der Waals surface area contributed by atoms with Gasteiger partial charge in [-0.15, -0.1) is 0 Å². The SMILES string of the molecule is CC(C)(N)C(=O)[C@@H](N)c1ccccc1. The van der Waals surface area contributed by atoms with Crippen molar-refractivity contribution in [3.8, 4) is 0 Å². The number of nitrogens with two attached hydrogens (primary N) is 2. The molecule has 1 atom stereocenters. The van der Waals surface area contributed by atoms with Crippen LogP contribution in [-0.2, 0) is 4.79 Å². The fourth-order valence-electron chi connectivity index (χ4n) is 1.21. The molecule has 4 N–H and O–H groups in total. The van der Waals surface area contributed by atoms with Gasteiger partial charge in [-0.3, -0.25) is 4.79 Å². The Morgan fingerprint density at radius 3 is 2.21 bits per heavy atom. The van der Waals surface area contributed by atoms with E-state index in [-0.39, 0.29) is 5.78 Å². The van der Waals surface area contributed by atoms with Crippen LogP contribution in [0.4, 0.5) is 0 Å². The number of carbonyl (C=O) groups is 1. The molecule has 1 aromatic carbocycles. The van der Waals surface area contributed by atoms with Crippen molar-refractivity contribution in [2.45, 2.75) is 25.4 Å². The summed E-state index contributed by atoms with van der Waals surface area (Å²) in [7, 11) is 0. The molecule has 0 fully saturated rings. The van der Waals surface area contributed by atoms with Crippen molar-refractivity contribution in [2.24, 2.45) is 11.5 Å². The number of hydrogen-bond donors (Lipinski definition) is 2. The third-order valence-electron chi connectivity index (χ3n) is 2.08. The average molecular weight is 192 g/mol. The Morgan fingerprint density at radius 2 is 1.79 bits per heavy atom. The van der Waals surface area contributed by atoms with E-state index in [1.807, 2.05) is 30.3 Å². The topological polar surface area (TPSA) is 69.1 Å². The second-order valence-corrected chi connectivity index (χ2v) is 3.97. The Morgan fingerprint density at radius 1 is 1.29 bits per heavy atom. The molecule has 0 bridgehead atoms. The molecule has 0 heterocycles. The first kappa shape index (κ1) is 10.9. The van der Waals surface area contributed by atoms with E-state index in [2.05, 4.69) is 0 Å². The summed E-state index contributed by atoms with van der Waals surface area (Å²) >= 11 is 0. The molecule has 0 aliphatic carbocycles. The Labute approximate surface area is 84.1 Å². The van der Waals surface area contributed by atoms with Crippen LogP contribution in [0.1, 0.15) is 25.5 Å². The van der Waals surface area contributed by atoms with Gasteiger partial charge < -0.3 is 11.5 Å². The van der Waals surface area contributed by atoms with Crippen LogP contribution in [0.15, 0.2) is 30.3 Å².